The molecule has 1 unspecified atom stereocenters. The van der Waals surface area contributed by atoms with Crippen LogP contribution in [0.4, 0.5) is 0 Å². The van der Waals surface area contributed by atoms with Crippen molar-refractivity contribution in [3.8, 4) is 0 Å². The molecule has 0 amide bonds. The summed E-state index contributed by atoms with van der Waals surface area (Å²) in [5.41, 5.74) is 1.92. The first-order valence-corrected chi connectivity index (χ1v) is 5.68. The van der Waals surface area contributed by atoms with E-state index in [1.807, 2.05) is 12.3 Å². The van der Waals surface area contributed by atoms with Crippen molar-refractivity contribution in [2.45, 2.75) is 19.5 Å². The molecular formula is C10H12NP. The average molecular weight is 177 g/mol. The van der Waals surface area contributed by atoms with Crippen LogP contribution in [0.1, 0.15) is 19.5 Å². The molecule has 1 atom stereocenters. The Morgan fingerprint density at radius 2 is 2.17 bits per heavy atom. The number of hydrogen-bond donors (Lipinski definition) is 0. The molecule has 62 valence electrons. The first kappa shape index (κ1) is 7.82. The second kappa shape index (κ2) is 2.91. The molecule has 0 N–H and O–H groups in total. The molecule has 2 aromatic rings. The minimum atomic E-state index is -0.0630. The lowest BCUT2D eigenvalue weighted by Gasteiger charge is -2.02. The molecule has 0 saturated heterocycles. The van der Waals surface area contributed by atoms with Crippen LogP contribution in [0.15, 0.2) is 30.2 Å². The molecule has 0 radical (unpaired) electrons. The maximum absolute atomic E-state index is 4.32. The summed E-state index contributed by atoms with van der Waals surface area (Å²) in [6.45, 7) is 4.55. The third-order valence-electron chi connectivity index (χ3n) is 2.04. The third-order valence-corrected chi connectivity index (χ3v) is 4.56. The van der Waals surface area contributed by atoms with E-state index in [0.717, 1.165) is 5.66 Å². The van der Waals surface area contributed by atoms with Crippen LogP contribution in [0.25, 0.3) is 10.6 Å². The van der Waals surface area contributed by atoms with Crippen LogP contribution in [0.2, 0.25) is 0 Å². The summed E-state index contributed by atoms with van der Waals surface area (Å²) in [5.74, 6) is 2.32. The number of nitrogens with zero attached hydrogens (tertiary/aromatic N) is 1. The molecule has 2 heterocycles. The van der Waals surface area contributed by atoms with Gasteiger partial charge in [-0.1, -0.05) is 13.8 Å². The molecule has 0 saturated carbocycles. The van der Waals surface area contributed by atoms with Gasteiger partial charge in [-0.2, -0.15) is 0 Å². The Bertz CT molecular complexity index is 389. The minimum Gasteiger partial charge on any atom is -0.256 e. The fraction of sp³-hybridized carbons (Fsp3) is 0.300. The van der Waals surface area contributed by atoms with Crippen molar-refractivity contribution in [3.05, 3.63) is 30.2 Å². The van der Waals surface area contributed by atoms with Gasteiger partial charge in [-0.25, -0.2) is 0 Å². The van der Waals surface area contributed by atoms with Gasteiger partial charge in [-0.3, -0.25) is 4.98 Å². The van der Waals surface area contributed by atoms with Crippen molar-refractivity contribution in [1.29, 1.82) is 0 Å². The Kier molecular flexibility index (Phi) is 1.90. The van der Waals surface area contributed by atoms with E-state index in [1.165, 1.54) is 10.6 Å². The fourth-order valence-corrected chi connectivity index (χ4v) is 3.46. The summed E-state index contributed by atoms with van der Waals surface area (Å²) in [6, 6.07) is 6.39. The van der Waals surface area contributed by atoms with Crippen molar-refractivity contribution < 1.29 is 0 Å². The molecule has 0 bridgehead atoms. The summed E-state index contributed by atoms with van der Waals surface area (Å²) in [7, 11) is -0.0630. The highest BCUT2D eigenvalue weighted by Crippen LogP contribution is 2.46. The maximum Gasteiger partial charge on any atom is 0.0744 e. The Labute approximate surface area is 73.5 Å². The monoisotopic (exact) mass is 177 g/mol. The lowest BCUT2D eigenvalue weighted by molar-refractivity contribution is 1.03. The molecule has 0 aliphatic heterocycles. The van der Waals surface area contributed by atoms with Crippen LogP contribution in [0.5, 0.6) is 0 Å². The third kappa shape index (κ3) is 1.15. The highest BCUT2D eigenvalue weighted by Gasteiger charge is 2.04. The Morgan fingerprint density at radius 1 is 1.33 bits per heavy atom. The van der Waals surface area contributed by atoms with Gasteiger partial charge in [-0.15, -0.1) is 7.53 Å². The van der Waals surface area contributed by atoms with Crippen LogP contribution < -0.4 is 0 Å². The molecule has 0 spiro atoms. The standard InChI is InChI=1S/C10H12NP/c1-8(2)12-7-5-9-10(12)4-3-6-11-9/h3-8H,1-2H3. The van der Waals surface area contributed by atoms with Crippen molar-refractivity contribution in [1.82, 2.24) is 4.98 Å². The SMILES string of the molecule is CC(C)p1ccc2ncccc21. The summed E-state index contributed by atoms with van der Waals surface area (Å²) in [6.07, 6.45) is 1.86. The summed E-state index contributed by atoms with van der Waals surface area (Å²) < 4.78 is 0. The minimum absolute atomic E-state index is 0.0630. The molecule has 2 rings (SSSR count). The number of fused-ring (bicyclic) bond motifs is 1. The molecule has 2 heteroatoms. The second-order valence-electron chi connectivity index (χ2n) is 3.22. The zero-order valence-electron chi connectivity index (χ0n) is 7.36. The molecular weight excluding hydrogens is 165 g/mol. The van der Waals surface area contributed by atoms with Gasteiger partial charge in [0.05, 0.1) is 5.52 Å². The number of pyridine rings is 1. The smallest absolute Gasteiger partial charge is 0.0744 e. The van der Waals surface area contributed by atoms with E-state index in [1.54, 1.807) is 0 Å². The maximum atomic E-state index is 4.32. The van der Waals surface area contributed by atoms with Crippen molar-refractivity contribution in [2.24, 2.45) is 0 Å². The molecule has 0 fully saturated rings. The van der Waals surface area contributed by atoms with Gasteiger partial charge < -0.3 is 0 Å². The number of rotatable bonds is 1. The van der Waals surface area contributed by atoms with E-state index >= 15 is 0 Å². The van der Waals surface area contributed by atoms with Gasteiger partial charge in [-0.05, 0) is 29.7 Å². The lowest BCUT2D eigenvalue weighted by atomic mass is 10.4. The van der Waals surface area contributed by atoms with Gasteiger partial charge in [0.1, 0.15) is 0 Å². The highest BCUT2D eigenvalue weighted by atomic mass is 31.1. The van der Waals surface area contributed by atoms with Gasteiger partial charge in [0.25, 0.3) is 0 Å². The quantitative estimate of drug-likeness (QED) is 0.645. The average Bonchev–Trinajstić information content (AvgIpc) is 2.47. The Morgan fingerprint density at radius 3 is 2.92 bits per heavy atom. The van der Waals surface area contributed by atoms with Crippen molar-refractivity contribution in [2.75, 3.05) is 0 Å². The van der Waals surface area contributed by atoms with Crippen molar-refractivity contribution in [3.63, 3.8) is 0 Å². The molecule has 0 aliphatic rings. The van der Waals surface area contributed by atoms with Gasteiger partial charge >= 0.3 is 0 Å². The van der Waals surface area contributed by atoms with E-state index < -0.39 is 0 Å². The molecule has 12 heavy (non-hydrogen) atoms. The summed E-state index contributed by atoms with van der Waals surface area (Å²) in [5, 5.41) is 1.45. The van der Waals surface area contributed by atoms with Gasteiger partial charge in [0.2, 0.25) is 0 Å². The lowest BCUT2D eigenvalue weighted by Crippen LogP contribution is -1.70. The van der Waals surface area contributed by atoms with Crippen LogP contribution in [0, 0.1) is 0 Å². The number of aromatic nitrogens is 1. The fourth-order valence-electron chi connectivity index (χ4n) is 1.44. The first-order valence-electron chi connectivity index (χ1n) is 4.20. The zero-order chi connectivity index (χ0) is 8.55. The molecule has 2 aromatic heterocycles. The Balaban J connectivity index is 2.70. The Hall–Kier alpha value is -0.810. The van der Waals surface area contributed by atoms with E-state index in [-0.39, 0.29) is 7.53 Å². The topological polar surface area (TPSA) is 12.9 Å². The molecule has 1 nitrogen and oxygen atoms in total. The van der Waals surface area contributed by atoms with Gasteiger partial charge in [0.15, 0.2) is 0 Å². The summed E-state index contributed by atoms with van der Waals surface area (Å²) in [4.78, 5) is 4.32. The highest BCUT2D eigenvalue weighted by molar-refractivity contribution is 7.55. The predicted molar refractivity (Wildman–Crippen MR) is 54.8 cm³/mol. The van der Waals surface area contributed by atoms with E-state index in [0.29, 0.717) is 0 Å². The first-order chi connectivity index (χ1) is 5.79. The zero-order valence-corrected chi connectivity index (χ0v) is 8.25. The van der Waals surface area contributed by atoms with Crippen LogP contribution in [0.3, 0.4) is 0 Å². The van der Waals surface area contributed by atoms with E-state index in [2.05, 4.69) is 36.8 Å². The van der Waals surface area contributed by atoms with Gasteiger partial charge in [0, 0.05) is 11.3 Å². The normalized spacial score (nSPS) is 12.8. The predicted octanol–water partition coefficient (Wildman–Crippen LogP) is 3.80. The van der Waals surface area contributed by atoms with E-state index in [9.17, 15) is 0 Å². The van der Waals surface area contributed by atoms with Crippen molar-refractivity contribution >= 4 is 18.2 Å². The van der Waals surface area contributed by atoms with E-state index in [4.69, 9.17) is 0 Å². The summed E-state index contributed by atoms with van der Waals surface area (Å²) >= 11 is 0. The number of hydrogen-bond acceptors (Lipinski definition) is 1. The second-order valence-corrected chi connectivity index (χ2v) is 5.85. The molecule has 0 aromatic carbocycles. The molecule has 0 aliphatic carbocycles. The van der Waals surface area contributed by atoms with Crippen LogP contribution in [-0.2, 0) is 0 Å². The largest absolute Gasteiger partial charge is 0.256 e. The van der Waals surface area contributed by atoms with Crippen LogP contribution in [-0.4, -0.2) is 4.98 Å². The van der Waals surface area contributed by atoms with Crippen LogP contribution >= 0.6 is 7.53 Å².